The minimum atomic E-state index is -0.346. The molecule has 0 saturated heterocycles. The second-order valence-corrected chi connectivity index (χ2v) is 6.31. The number of benzene rings is 2. The predicted octanol–water partition coefficient (Wildman–Crippen LogP) is 3.57. The molecular formula is C21H18FN5O. The summed E-state index contributed by atoms with van der Waals surface area (Å²) in [5, 5.41) is 11.4. The van der Waals surface area contributed by atoms with Gasteiger partial charge in [-0.1, -0.05) is 42.5 Å². The minimum Gasteiger partial charge on any atom is -0.308 e. The monoisotopic (exact) mass is 375 g/mol. The van der Waals surface area contributed by atoms with Gasteiger partial charge in [-0.2, -0.15) is 10.2 Å². The smallest absolute Gasteiger partial charge is 0.247 e. The first kappa shape index (κ1) is 17.7. The van der Waals surface area contributed by atoms with Gasteiger partial charge in [0, 0.05) is 24.0 Å². The maximum absolute atomic E-state index is 13.9. The molecule has 28 heavy (non-hydrogen) atoms. The number of nitrogens with zero attached hydrogens (tertiary/aromatic N) is 4. The highest BCUT2D eigenvalue weighted by Gasteiger charge is 2.10. The zero-order valence-electron chi connectivity index (χ0n) is 15.0. The molecular weight excluding hydrogens is 357 g/mol. The zero-order chi connectivity index (χ0) is 19.3. The van der Waals surface area contributed by atoms with Gasteiger partial charge in [0.2, 0.25) is 5.91 Å². The summed E-state index contributed by atoms with van der Waals surface area (Å²) in [4.78, 5) is 12.3. The van der Waals surface area contributed by atoms with Crippen molar-refractivity contribution in [2.24, 2.45) is 0 Å². The molecule has 1 amide bonds. The molecule has 1 N–H and O–H groups in total. The van der Waals surface area contributed by atoms with Crippen molar-refractivity contribution < 1.29 is 9.18 Å². The molecule has 0 atom stereocenters. The molecule has 2 heterocycles. The molecule has 6 nitrogen and oxygen atoms in total. The van der Waals surface area contributed by atoms with Gasteiger partial charge in [-0.25, -0.2) is 4.39 Å². The maximum Gasteiger partial charge on any atom is 0.247 e. The molecule has 0 unspecified atom stereocenters. The van der Waals surface area contributed by atoms with Crippen LogP contribution in [0.15, 0.2) is 79.1 Å². The van der Waals surface area contributed by atoms with Crippen LogP contribution in [0.5, 0.6) is 0 Å². The van der Waals surface area contributed by atoms with Gasteiger partial charge in [-0.3, -0.25) is 14.2 Å². The van der Waals surface area contributed by atoms with Crippen molar-refractivity contribution in [2.75, 3.05) is 5.32 Å². The lowest BCUT2D eigenvalue weighted by Gasteiger charge is -2.04. The minimum absolute atomic E-state index is 0.0139. The van der Waals surface area contributed by atoms with Gasteiger partial charge in [0.25, 0.3) is 0 Å². The first-order chi connectivity index (χ1) is 13.7. The molecule has 0 spiro atoms. The summed E-state index contributed by atoms with van der Waals surface area (Å²) in [6.07, 6.45) is 3.46. The lowest BCUT2D eigenvalue weighted by Crippen LogP contribution is -2.19. The van der Waals surface area contributed by atoms with Crippen LogP contribution < -0.4 is 5.32 Å². The van der Waals surface area contributed by atoms with Gasteiger partial charge in [-0.15, -0.1) is 0 Å². The van der Waals surface area contributed by atoms with E-state index in [0.717, 1.165) is 5.56 Å². The van der Waals surface area contributed by atoms with E-state index < -0.39 is 0 Å². The Hall–Kier alpha value is -3.74. The molecule has 0 saturated carbocycles. The zero-order valence-corrected chi connectivity index (χ0v) is 15.0. The average Bonchev–Trinajstić information content (AvgIpc) is 3.32. The number of carbonyl (C=O) groups is 1. The molecule has 2 aromatic heterocycles. The van der Waals surface area contributed by atoms with Crippen LogP contribution >= 0.6 is 0 Å². The number of hydrogen-bond acceptors (Lipinski definition) is 3. The van der Waals surface area contributed by atoms with E-state index in [9.17, 15) is 9.18 Å². The van der Waals surface area contributed by atoms with Crippen LogP contribution in [0, 0.1) is 5.82 Å². The summed E-state index contributed by atoms with van der Waals surface area (Å²) in [6, 6.07) is 19.8. The predicted molar refractivity (Wildman–Crippen MR) is 104 cm³/mol. The summed E-state index contributed by atoms with van der Waals surface area (Å²) >= 11 is 0. The summed E-state index contributed by atoms with van der Waals surface area (Å²) in [5.41, 5.74) is 2.01. The number of nitrogens with one attached hydrogen (secondary N) is 1. The molecule has 4 rings (SSSR count). The van der Waals surface area contributed by atoms with E-state index in [-0.39, 0.29) is 18.3 Å². The standard InChI is InChI=1S/C21H18FN5O/c22-18-9-5-4-8-17(18)19-10-12-27(24-19)15-21(28)23-20-11-13-26(25-20)14-16-6-2-1-3-7-16/h1-13H,14-15H2,(H,23,25,28). The molecule has 0 bridgehead atoms. The van der Waals surface area contributed by atoms with E-state index >= 15 is 0 Å². The second-order valence-electron chi connectivity index (χ2n) is 6.31. The van der Waals surface area contributed by atoms with Crippen molar-refractivity contribution in [1.29, 1.82) is 0 Å². The van der Waals surface area contributed by atoms with Crippen LogP contribution in [0.25, 0.3) is 11.3 Å². The van der Waals surface area contributed by atoms with Gasteiger partial charge in [0.05, 0.1) is 12.2 Å². The van der Waals surface area contributed by atoms with Gasteiger partial charge >= 0.3 is 0 Å². The molecule has 0 aliphatic heterocycles. The molecule has 0 radical (unpaired) electrons. The lowest BCUT2D eigenvalue weighted by molar-refractivity contribution is -0.116. The fraction of sp³-hybridized carbons (Fsp3) is 0.0952. The number of amides is 1. The summed E-state index contributed by atoms with van der Waals surface area (Å²) in [7, 11) is 0. The largest absolute Gasteiger partial charge is 0.308 e. The Morgan fingerprint density at radius 1 is 0.893 bits per heavy atom. The highest BCUT2D eigenvalue weighted by Crippen LogP contribution is 2.20. The normalized spacial score (nSPS) is 10.8. The van der Waals surface area contributed by atoms with Crippen molar-refractivity contribution in [3.63, 3.8) is 0 Å². The highest BCUT2D eigenvalue weighted by atomic mass is 19.1. The first-order valence-corrected chi connectivity index (χ1v) is 8.83. The quantitative estimate of drug-likeness (QED) is 0.560. The molecule has 7 heteroatoms. The first-order valence-electron chi connectivity index (χ1n) is 8.83. The Morgan fingerprint density at radius 2 is 1.64 bits per heavy atom. The average molecular weight is 375 g/mol. The second kappa shape index (κ2) is 7.87. The van der Waals surface area contributed by atoms with E-state index in [4.69, 9.17) is 0 Å². The molecule has 140 valence electrons. The Bertz CT molecular complexity index is 1090. The van der Waals surface area contributed by atoms with Crippen LogP contribution in [0.4, 0.5) is 10.2 Å². The third-order valence-electron chi connectivity index (χ3n) is 4.19. The Kier molecular flexibility index (Phi) is 4.97. The molecule has 0 fully saturated rings. The van der Waals surface area contributed by atoms with E-state index in [1.807, 2.05) is 36.5 Å². The third-order valence-corrected chi connectivity index (χ3v) is 4.19. The number of hydrogen-bond donors (Lipinski definition) is 1. The molecule has 0 aliphatic carbocycles. The van der Waals surface area contributed by atoms with Gasteiger partial charge in [0.1, 0.15) is 12.4 Å². The highest BCUT2D eigenvalue weighted by molar-refractivity contribution is 5.89. The lowest BCUT2D eigenvalue weighted by atomic mass is 10.1. The third kappa shape index (κ3) is 4.15. The van der Waals surface area contributed by atoms with Crippen molar-refractivity contribution in [2.45, 2.75) is 13.1 Å². The van der Waals surface area contributed by atoms with E-state index in [2.05, 4.69) is 15.5 Å². The number of halogens is 1. The van der Waals surface area contributed by atoms with Crippen molar-refractivity contribution in [3.05, 3.63) is 90.5 Å². The van der Waals surface area contributed by atoms with Crippen LogP contribution in [-0.2, 0) is 17.9 Å². The van der Waals surface area contributed by atoms with Crippen molar-refractivity contribution in [1.82, 2.24) is 19.6 Å². The Labute approximate surface area is 161 Å². The number of anilines is 1. The van der Waals surface area contributed by atoms with Crippen molar-refractivity contribution >= 4 is 11.7 Å². The van der Waals surface area contributed by atoms with E-state index in [0.29, 0.717) is 23.6 Å². The maximum atomic E-state index is 13.9. The van der Waals surface area contributed by atoms with Crippen LogP contribution in [0.1, 0.15) is 5.56 Å². The van der Waals surface area contributed by atoms with Gasteiger partial charge in [-0.05, 0) is 23.8 Å². The molecule has 4 aromatic rings. The number of aromatic nitrogens is 4. The van der Waals surface area contributed by atoms with Crippen LogP contribution in [0.3, 0.4) is 0 Å². The molecule has 2 aromatic carbocycles. The summed E-state index contributed by atoms with van der Waals surface area (Å²) in [5.74, 6) is -0.128. The fourth-order valence-electron chi connectivity index (χ4n) is 2.88. The van der Waals surface area contributed by atoms with Crippen LogP contribution in [-0.4, -0.2) is 25.5 Å². The fourth-order valence-corrected chi connectivity index (χ4v) is 2.88. The Balaban J connectivity index is 1.37. The number of rotatable bonds is 6. The summed E-state index contributed by atoms with van der Waals surface area (Å²) < 4.78 is 17.1. The van der Waals surface area contributed by atoms with E-state index in [1.54, 1.807) is 41.2 Å². The Morgan fingerprint density at radius 3 is 2.46 bits per heavy atom. The summed E-state index contributed by atoms with van der Waals surface area (Å²) in [6.45, 7) is 0.641. The topological polar surface area (TPSA) is 64.7 Å². The van der Waals surface area contributed by atoms with Gasteiger partial charge in [0.15, 0.2) is 5.82 Å². The van der Waals surface area contributed by atoms with Crippen LogP contribution in [0.2, 0.25) is 0 Å². The van der Waals surface area contributed by atoms with E-state index in [1.165, 1.54) is 10.7 Å². The number of carbonyl (C=O) groups excluding carboxylic acids is 1. The molecule has 0 aliphatic rings. The van der Waals surface area contributed by atoms with Crippen molar-refractivity contribution in [3.8, 4) is 11.3 Å². The SMILES string of the molecule is O=C(Cn1ccc(-c2ccccc2F)n1)Nc1ccn(Cc2ccccc2)n1. The van der Waals surface area contributed by atoms with Gasteiger partial charge < -0.3 is 5.32 Å².